The molecule has 2 aliphatic heterocycles. The predicted octanol–water partition coefficient (Wildman–Crippen LogP) is -0.164. The quantitative estimate of drug-likeness (QED) is 0.403. The normalized spacial score (nSPS) is 22.0. The number of likely N-dealkylation sites (tertiary alicyclic amines) is 1. The molecular formula is C18H25BN2O7. The van der Waals surface area contributed by atoms with Gasteiger partial charge >= 0.3 is 13.1 Å². The Morgan fingerprint density at radius 1 is 1.29 bits per heavy atom. The van der Waals surface area contributed by atoms with Crippen LogP contribution in [0.1, 0.15) is 35.7 Å². The number of nitrogens with one attached hydrogen (secondary N) is 1. The van der Waals surface area contributed by atoms with Crippen molar-refractivity contribution in [2.24, 2.45) is 0 Å². The minimum atomic E-state index is -1.54. The standard InChI is InChI=1S/C18H25BN2O7/c1-10-2-4-13(20-10)17(23)21-8-12(9-21)28-14-5-3-11(6-7-19(26)27)16(22)15(14)18(24)25/h3,5,10,12-13,20,22,26-27H,2,4,6-9H2,1H3,(H,24,25)/t10-,13-/m0/s1. The number of aromatic carboxylic acids is 1. The lowest BCUT2D eigenvalue weighted by Gasteiger charge is -2.40. The van der Waals surface area contributed by atoms with E-state index in [0.29, 0.717) is 24.7 Å². The highest BCUT2D eigenvalue weighted by Crippen LogP contribution is 2.34. The number of carboxylic acid groups (broad SMARTS) is 1. The summed E-state index contributed by atoms with van der Waals surface area (Å²) in [5.74, 6) is -1.72. The second-order valence-electron chi connectivity index (χ2n) is 7.45. The molecule has 152 valence electrons. The first-order valence-corrected chi connectivity index (χ1v) is 9.42. The van der Waals surface area contributed by atoms with Gasteiger partial charge in [0.1, 0.15) is 23.2 Å². The molecule has 1 amide bonds. The lowest BCUT2D eigenvalue weighted by atomic mass is 9.82. The number of ether oxygens (including phenoxy) is 1. The van der Waals surface area contributed by atoms with Crippen LogP contribution in [0.2, 0.25) is 6.32 Å². The van der Waals surface area contributed by atoms with Crippen LogP contribution >= 0.6 is 0 Å². The van der Waals surface area contributed by atoms with E-state index in [-0.39, 0.29) is 42.1 Å². The van der Waals surface area contributed by atoms with E-state index in [1.807, 2.05) is 6.92 Å². The number of carbonyl (C=O) groups excluding carboxylic acids is 1. The van der Waals surface area contributed by atoms with Gasteiger partial charge in [-0.3, -0.25) is 4.79 Å². The maximum atomic E-state index is 12.4. The van der Waals surface area contributed by atoms with Crippen molar-refractivity contribution < 1.29 is 34.6 Å². The van der Waals surface area contributed by atoms with Gasteiger partial charge in [-0.15, -0.1) is 0 Å². The van der Waals surface area contributed by atoms with Gasteiger partial charge in [0.15, 0.2) is 0 Å². The van der Waals surface area contributed by atoms with E-state index in [0.717, 1.165) is 12.8 Å². The van der Waals surface area contributed by atoms with E-state index in [4.69, 9.17) is 14.8 Å². The van der Waals surface area contributed by atoms with Crippen LogP contribution in [0.4, 0.5) is 0 Å². The average Bonchev–Trinajstić information content (AvgIpc) is 3.02. The molecule has 1 aromatic carbocycles. The fourth-order valence-electron chi connectivity index (χ4n) is 3.62. The van der Waals surface area contributed by atoms with Crippen LogP contribution < -0.4 is 10.1 Å². The van der Waals surface area contributed by atoms with Crippen LogP contribution in [-0.2, 0) is 11.2 Å². The smallest absolute Gasteiger partial charge is 0.451 e. The van der Waals surface area contributed by atoms with Crippen molar-refractivity contribution in [1.29, 1.82) is 0 Å². The second-order valence-corrected chi connectivity index (χ2v) is 7.45. The number of phenols is 1. The van der Waals surface area contributed by atoms with E-state index in [1.54, 1.807) is 4.90 Å². The summed E-state index contributed by atoms with van der Waals surface area (Å²) in [6.07, 6.45) is 1.52. The number of amides is 1. The van der Waals surface area contributed by atoms with Crippen molar-refractivity contribution in [3.8, 4) is 11.5 Å². The van der Waals surface area contributed by atoms with Crippen LogP contribution in [-0.4, -0.2) is 75.4 Å². The van der Waals surface area contributed by atoms with Gasteiger partial charge in [-0.1, -0.05) is 6.07 Å². The molecule has 0 unspecified atom stereocenters. The van der Waals surface area contributed by atoms with Crippen molar-refractivity contribution in [1.82, 2.24) is 10.2 Å². The number of aromatic hydroxyl groups is 1. The summed E-state index contributed by atoms with van der Waals surface area (Å²) >= 11 is 0. The number of carboxylic acids is 1. The van der Waals surface area contributed by atoms with Crippen molar-refractivity contribution in [2.75, 3.05) is 13.1 Å². The lowest BCUT2D eigenvalue weighted by molar-refractivity contribution is -0.142. The Balaban J connectivity index is 1.62. The van der Waals surface area contributed by atoms with Crippen LogP contribution in [0.5, 0.6) is 11.5 Å². The average molecular weight is 392 g/mol. The van der Waals surface area contributed by atoms with E-state index < -0.39 is 18.8 Å². The monoisotopic (exact) mass is 392 g/mol. The van der Waals surface area contributed by atoms with Gasteiger partial charge in [0.2, 0.25) is 5.91 Å². The van der Waals surface area contributed by atoms with E-state index >= 15 is 0 Å². The molecule has 28 heavy (non-hydrogen) atoms. The second kappa shape index (κ2) is 8.38. The molecule has 2 saturated heterocycles. The van der Waals surface area contributed by atoms with Gasteiger partial charge in [-0.25, -0.2) is 4.79 Å². The first-order valence-electron chi connectivity index (χ1n) is 9.42. The third-order valence-corrected chi connectivity index (χ3v) is 5.23. The van der Waals surface area contributed by atoms with Crippen LogP contribution in [0, 0.1) is 0 Å². The zero-order valence-electron chi connectivity index (χ0n) is 15.7. The number of rotatable bonds is 7. The van der Waals surface area contributed by atoms with Crippen molar-refractivity contribution in [3.63, 3.8) is 0 Å². The highest BCUT2D eigenvalue weighted by Gasteiger charge is 2.38. The van der Waals surface area contributed by atoms with Crippen LogP contribution in [0.3, 0.4) is 0 Å². The molecule has 2 atom stereocenters. The molecule has 10 heteroatoms. The summed E-state index contributed by atoms with van der Waals surface area (Å²) in [6.45, 7) is 2.77. The zero-order valence-corrected chi connectivity index (χ0v) is 15.7. The Labute approximate surface area is 163 Å². The van der Waals surface area contributed by atoms with Crippen molar-refractivity contribution in [2.45, 2.75) is 50.7 Å². The van der Waals surface area contributed by atoms with Crippen molar-refractivity contribution >= 4 is 19.0 Å². The van der Waals surface area contributed by atoms with E-state index in [2.05, 4.69) is 5.32 Å². The Bertz CT molecular complexity index is 752. The number of hydrogen-bond donors (Lipinski definition) is 5. The summed E-state index contributed by atoms with van der Waals surface area (Å²) in [4.78, 5) is 25.7. The van der Waals surface area contributed by atoms with E-state index in [9.17, 15) is 19.8 Å². The molecule has 3 rings (SSSR count). The summed E-state index contributed by atoms with van der Waals surface area (Å²) in [6, 6.07) is 3.11. The predicted molar refractivity (Wildman–Crippen MR) is 100 cm³/mol. The summed E-state index contributed by atoms with van der Waals surface area (Å²) < 4.78 is 5.71. The molecule has 0 saturated carbocycles. The third kappa shape index (κ3) is 4.40. The molecule has 0 aliphatic carbocycles. The lowest BCUT2D eigenvalue weighted by Crippen LogP contribution is -2.60. The van der Waals surface area contributed by atoms with Crippen LogP contribution in [0.25, 0.3) is 0 Å². The molecule has 1 aromatic rings. The highest BCUT2D eigenvalue weighted by atomic mass is 16.5. The van der Waals surface area contributed by atoms with Gasteiger partial charge in [0.05, 0.1) is 19.1 Å². The molecule has 0 aromatic heterocycles. The Morgan fingerprint density at radius 2 is 2.00 bits per heavy atom. The highest BCUT2D eigenvalue weighted by molar-refractivity contribution is 6.41. The fraction of sp³-hybridized carbons (Fsp3) is 0.556. The molecule has 5 N–H and O–H groups in total. The topological polar surface area (TPSA) is 140 Å². The Morgan fingerprint density at radius 3 is 2.57 bits per heavy atom. The van der Waals surface area contributed by atoms with Crippen molar-refractivity contribution in [3.05, 3.63) is 23.3 Å². The van der Waals surface area contributed by atoms with Gasteiger partial charge in [0.25, 0.3) is 0 Å². The van der Waals surface area contributed by atoms with Gasteiger partial charge in [-0.05, 0) is 44.1 Å². The molecule has 2 heterocycles. The number of benzene rings is 1. The van der Waals surface area contributed by atoms with Gasteiger partial charge in [0, 0.05) is 6.04 Å². The molecular weight excluding hydrogens is 367 g/mol. The minimum Gasteiger partial charge on any atom is -0.507 e. The Hall–Kier alpha value is -2.30. The summed E-state index contributed by atoms with van der Waals surface area (Å²) in [7, 11) is -1.54. The van der Waals surface area contributed by atoms with Gasteiger partial charge < -0.3 is 35.2 Å². The Kier molecular flexibility index (Phi) is 6.12. The first-order chi connectivity index (χ1) is 13.3. The number of carbonyl (C=O) groups is 2. The maximum Gasteiger partial charge on any atom is 0.451 e. The third-order valence-electron chi connectivity index (χ3n) is 5.23. The van der Waals surface area contributed by atoms with Gasteiger partial charge in [-0.2, -0.15) is 0 Å². The molecule has 9 nitrogen and oxygen atoms in total. The van der Waals surface area contributed by atoms with Crippen LogP contribution in [0.15, 0.2) is 12.1 Å². The number of aryl methyl sites for hydroxylation is 1. The molecule has 0 spiro atoms. The number of nitrogens with zero attached hydrogens (tertiary/aromatic N) is 1. The maximum absolute atomic E-state index is 12.4. The molecule has 2 fully saturated rings. The fourth-order valence-corrected chi connectivity index (χ4v) is 3.62. The summed E-state index contributed by atoms with van der Waals surface area (Å²) in [5.41, 5.74) is -0.0642. The molecule has 0 radical (unpaired) electrons. The minimum absolute atomic E-state index is 0.0274. The largest absolute Gasteiger partial charge is 0.507 e. The SMILES string of the molecule is C[C@H]1CC[C@@H](C(=O)N2CC(Oc3ccc(CCB(O)O)c(O)c3C(=O)O)C2)N1. The molecule has 2 aliphatic rings. The zero-order chi connectivity index (χ0) is 20.4. The van der Waals surface area contributed by atoms with E-state index in [1.165, 1.54) is 12.1 Å². The number of hydrogen-bond acceptors (Lipinski definition) is 7. The summed E-state index contributed by atoms with van der Waals surface area (Å²) in [5, 5.41) is 40.9. The first kappa shape index (κ1) is 20.4. The molecule has 0 bridgehead atoms.